The number of methoxy groups -OCH3 is 1. The van der Waals surface area contributed by atoms with Crippen LogP contribution in [0.3, 0.4) is 0 Å². The lowest BCUT2D eigenvalue weighted by Crippen LogP contribution is -2.01. The van der Waals surface area contributed by atoms with E-state index in [0.717, 1.165) is 24.3 Å². The van der Waals surface area contributed by atoms with Crippen molar-refractivity contribution in [2.24, 2.45) is 0 Å². The Morgan fingerprint density at radius 1 is 1.54 bits per heavy atom. The average molecular weight is 178 g/mol. The molecule has 0 spiro atoms. The highest BCUT2D eigenvalue weighted by molar-refractivity contribution is 5.96. The van der Waals surface area contributed by atoms with Crippen molar-refractivity contribution in [2.45, 2.75) is 19.8 Å². The van der Waals surface area contributed by atoms with Gasteiger partial charge in [0.1, 0.15) is 5.75 Å². The molecule has 13 heavy (non-hydrogen) atoms. The highest BCUT2D eigenvalue weighted by Gasteiger charge is 2.01. The second kappa shape index (κ2) is 4.60. The quantitative estimate of drug-likeness (QED) is 0.719. The van der Waals surface area contributed by atoms with Gasteiger partial charge in [-0.25, -0.2) is 0 Å². The van der Waals surface area contributed by atoms with Gasteiger partial charge in [0.05, 0.1) is 24.7 Å². The number of aromatic nitrogens is 1. The van der Waals surface area contributed by atoms with Crippen molar-refractivity contribution in [3.05, 3.63) is 24.0 Å². The number of ether oxygens (including phenoxy) is 1. The maximum atomic E-state index is 7.65. The molecule has 3 heteroatoms. The third-order valence-electron chi connectivity index (χ3n) is 1.78. The van der Waals surface area contributed by atoms with Crippen molar-refractivity contribution >= 4 is 5.71 Å². The van der Waals surface area contributed by atoms with E-state index in [1.807, 2.05) is 12.1 Å². The van der Waals surface area contributed by atoms with Crippen LogP contribution in [0.2, 0.25) is 0 Å². The highest BCUT2D eigenvalue weighted by atomic mass is 16.5. The Morgan fingerprint density at radius 2 is 2.31 bits per heavy atom. The van der Waals surface area contributed by atoms with E-state index >= 15 is 0 Å². The second-order valence-electron chi connectivity index (χ2n) is 2.81. The van der Waals surface area contributed by atoms with E-state index in [1.165, 1.54) is 0 Å². The van der Waals surface area contributed by atoms with E-state index in [1.54, 1.807) is 13.3 Å². The lowest BCUT2D eigenvalue weighted by Gasteiger charge is -2.02. The van der Waals surface area contributed by atoms with Crippen LogP contribution in [0.5, 0.6) is 5.75 Å². The van der Waals surface area contributed by atoms with E-state index < -0.39 is 0 Å². The van der Waals surface area contributed by atoms with Crippen molar-refractivity contribution in [2.75, 3.05) is 7.11 Å². The topological polar surface area (TPSA) is 46.0 Å². The first-order chi connectivity index (χ1) is 6.27. The summed E-state index contributed by atoms with van der Waals surface area (Å²) in [6.07, 6.45) is 3.39. The molecule has 1 N–H and O–H groups in total. The molecule has 0 aliphatic heterocycles. The number of hydrogen-bond donors (Lipinski definition) is 1. The summed E-state index contributed by atoms with van der Waals surface area (Å²) in [6.45, 7) is 2.05. The zero-order valence-electron chi connectivity index (χ0n) is 8.00. The first-order valence-corrected chi connectivity index (χ1v) is 4.35. The molecule has 1 aromatic rings. The third-order valence-corrected chi connectivity index (χ3v) is 1.78. The minimum Gasteiger partial charge on any atom is -0.495 e. The fourth-order valence-corrected chi connectivity index (χ4v) is 1.06. The second-order valence-corrected chi connectivity index (χ2v) is 2.81. The number of rotatable bonds is 4. The molecule has 70 valence electrons. The maximum Gasteiger partial charge on any atom is 0.137 e. The van der Waals surface area contributed by atoms with Crippen LogP contribution >= 0.6 is 0 Å². The van der Waals surface area contributed by atoms with Crippen molar-refractivity contribution < 1.29 is 4.74 Å². The zero-order valence-corrected chi connectivity index (χ0v) is 8.00. The standard InChI is InChI=1S/C10H14N2O/c1-3-4-9(11)10-6-5-8(13-2)7-12-10/h5-7,11H,3-4H2,1-2H3. The molecule has 0 radical (unpaired) electrons. The summed E-state index contributed by atoms with van der Waals surface area (Å²) in [6, 6.07) is 3.64. The normalized spacial score (nSPS) is 9.69. The van der Waals surface area contributed by atoms with Gasteiger partial charge in [-0.05, 0) is 18.6 Å². The van der Waals surface area contributed by atoms with E-state index in [9.17, 15) is 0 Å². The van der Waals surface area contributed by atoms with Crippen LogP contribution in [0.15, 0.2) is 18.3 Å². The molecule has 0 amide bonds. The molecule has 0 saturated heterocycles. The highest BCUT2D eigenvalue weighted by Crippen LogP contribution is 2.09. The van der Waals surface area contributed by atoms with Crippen LogP contribution in [0.4, 0.5) is 0 Å². The Morgan fingerprint density at radius 3 is 2.77 bits per heavy atom. The molecule has 0 fully saturated rings. The minimum absolute atomic E-state index is 0.588. The molecule has 1 rings (SSSR count). The van der Waals surface area contributed by atoms with Gasteiger partial charge < -0.3 is 10.1 Å². The van der Waals surface area contributed by atoms with Crippen LogP contribution in [-0.4, -0.2) is 17.8 Å². The average Bonchev–Trinajstić information content (AvgIpc) is 2.18. The predicted molar refractivity (Wildman–Crippen MR) is 52.5 cm³/mol. The monoisotopic (exact) mass is 178 g/mol. The molecule has 0 aliphatic rings. The van der Waals surface area contributed by atoms with Gasteiger partial charge in [0.2, 0.25) is 0 Å². The Kier molecular flexibility index (Phi) is 3.43. The van der Waals surface area contributed by atoms with Crippen LogP contribution in [0.25, 0.3) is 0 Å². The Bertz CT molecular complexity index is 279. The summed E-state index contributed by atoms with van der Waals surface area (Å²) in [7, 11) is 1.61. The van der Waals surface area contributed by atoms with E-state index in [4.69, 9.17) is 10.1 Å². The maximum absolute atomic E-state index is 7.65. The molecule has 0 bridgehead atoms. The van der Waals surface area contributed by atoms with E-state index in [0.29, 0.717) is 5.71 Å². The van der Waals surface area contributed by atoms with Gasteiger partial charge in [0.25, 0.3) is 0 Å². The van der Waals surface area contributed by atoms with Crippen molar-refractivity contribution in [3.8, 4) is 5.75 Å². The van der Waals surface area contributed by atoms with Crippen LogP contribution in [0.1, 0.15) is 25.5 Å². The third kappa shape index (κ3) is 2.54. The summed E-state index contributed by atoms with van der Waals surface area (Å²) in [5.41, 5.74) is 1.33. The predicted octanol–water partition coefficient (Wildman–Crippen LogP) is 2.26. The van der Waals surface area contributed by atoms with Gasteiger partial charge in [0.15, 0.2) is 0 Å². The molecule has 0 aliphatic carbocycles. The summed E-state index contributed by atoms with van der Waals surface area (Å²) in [5, 5.41) is 7.65. The van der Waals surface area contributed by atoms with Crippen molar-refractivity contribution in [3.63, 3.8) is 0 Å². The lowest BCUT2D eigenvalue weighted by molar-refractivity contribution is 0.413. The number of nitrogens with one attached hydrogen (secondary N) is 1. The van der Waals surface area contributed by atoms with E-state index in [2.05, 4.69) is 11.9 Å². The first-order valence-electron chi connectivity index (χ1n) is 4.35. The molecule has 1 aromatic heterocycles. The Balaban J connectivity index is 2.74. The fourth-order valence-electron chi connectivity index (χ4n) is 1.06. The molecule has 0 saturated carbocycles. The van der Waals surface area contributed by atoms with Gasteiger partial charge in [0, 0.05) is 0 Å². The van der Waals surface area contributed by atoms with E-state index in [-0.39, 0.29) is 0 Å². The van der Waals surface area contributed by atoms with Crippen LogP contribution in [0, 0.1) is 5.41 Å². The van der Waals surface area contributed by atoms with Gasteiger partial charge in [-0.2, -0.15) is 0 Å². The summed E-state index contributed by atoms with van der Waals surface area (Å²) < 4.78 is 4.98. The molecule has 3 nitrogen and oxygen atoms in total. The van der Waals surface area contributed by atoms with Crippen molar-refractivity contribution in [1.82, 2.24) is 4.98 Å². The van der Waals surface area contributed by atoms with Gasteiger partial charge in [-0.1, -0.05) is 13.3 Å². The number of pyridine rings is 1. The summed E-state index contributed by atoms with van der Waals surface area (Å²) in [4.78, 5) is 4.12. The minimum atomic E-state index is 0.588. The van der Waals surface area contributed by atoms with Gasteiger partial charge in [-0.3, -0.25) is 4.98 Å². The summed E-state index contributed by atoms with van der Waals surface area (Å²) in [5.74, 6) is 0.730. The summed E-state index contributed by atoms with van der Waals surface area (Å²) >= 11 is 0. The smallest absolute Gasteiger partial charge is 0.137 e. The van der Waals surface area contributed by atoms with Crippen LogP contribution in [-0.2, 0) is 0 Å². The first kappa shape index (κ1) is 9.71. The fraction of sp³-hybridized carbons (Fsp3) is 0.400. The zero-order chi connectivity index (χ0) is 9.68. The Labute approximate surface area is 78.3 Å². The molecule has 0 unspecified atom stereocenters. The Hall–Kier alpha value is -1.38. The number of hydrogen-bond acceptors (Lipinski definition) is 3. The van der Waals surface area contributed by atoms with Gasteiger partial charge in [-0.15, -0.1) is 0 Å². The molecule has 0 atom stereocenters. The SMILES string of the molecule is CCCC(=N)c1ccc(OC)cn1. The largest absolute Gasteiger partial charge is 0.495 e. The lowest BCUT2D eigenvalue weighted by atomic mass is 10.1. The molecular weight excluding hydrogens is 164 g/mol. The van der Waals surface area contributed by atoms with Crippen LogP contribution < -0.4 is 4.74 Å². The molecule has 0 aromatic carbocycles. The molecule has 1 heterocycles. The number of nitrogens with zero attached hydrogens (tertiary/aromatic N) is 1. The van der Waals surface area contributed by atoms with Gasteiger partial charge >= 0.3 is 0 Å². The van der Waals surface area contributed by atoms with Crippen molar-refractivity contribution in [1.29, 1.82) is 5.41 Å². The molecular formula is C10H14N2O.